The molecular weight excluding hydrogens is 272 g/mol. The van der Waals surface area contributed by atoms with Crippen molar-refractivity contribution < 1.29 is 9.53 Å². The Morgan fingerprint density at radius 2 is 2.00 bits per heavy atom. The van der Waals surface area contributed by atoms with Gasteiger partial charge in [0.05, 0.1) is 12.7 Å². The second kappa shape index (κ2) is 6.10. The zero-order valence-corrected chi connectivity index (χ0v) is 12.3. The zero-order chi connectivity index (χ0) is 14.7. The van der Waals surface area contributed by atoms with E-state index in [1.165, 1.54) is 7.11 Å². The van der Waals surface area contributed by atoms with Crippen molar-refractivity contribution in [2.45, 2.75) is 13.3 Å². The van der Waals surface area contributed by atoms with Crippen molar-refractivity contribution in [3.8, 4) is 11.1 Å². The van der Waals surface area contributed by atoms with Gasteiger partial charge in [0.25, 0.3) is 0 Å². The number of halogens is 1. The van der Waals surface area contributed by atoms with E-state index < -0.39 is 0 Å². The summed E-state index contributed by atoms with van der Waals surface area (Å²) < 4.78 is 4.72. The fraction of sp³-hybridized carbons (Fsp3) is 0.176. The highest BCUT2D eigenvalue weighted by Crippen LogP contribution is 2.28. The molecule has 2 rings (SSSR count). The minimum Gasteiger partial charge on any atom is -0.465 e. The number of ether oxygens (including phenoxy) is 1. The van der Waals surface area contributed by atoms with Gasteiger partial charge < -0.3 is 4.74 Å². The monoisotopic (exact) mass is 287 g/mol. The van der Waals surface area contributed by atoms with Crippen molar-refractivity contribution in [1.29, 1.82) is 0 Å². The average Bonchev–Trinajstić information content (AvgIpc) is 2.47. The predicted molar refractivity (Wildman–Crippen MR) is 82.0 cm³/mol. The third-order valence-corrected chi connectivity index (χ3v) is 3.64. The smallest absolute Gasteiger partial charge is 0.337 e. The highest BCUT2D eigenvalue weighted by atomic mass is 35.5. The van der Waals surface area contributed by atoms with Crippen LogP contribution in [-0.2, 0) is 11.2 Å². The Bertz CT molecular complexity index is 647. The van der Waals surface area contributed by atoms with Crippen LogP contribution < -0.4 is 0 Å². The van der Waals surface area contributed by atoms with Gasteiger partial charge >= 0.3 is 5.97 Å². The number of hydrogen-bond acceptors (Lipinski definition) is 2. The number of hydrogen-bond donors (Lipinski definition) is 0. The lowest BCUT2D eigenvalue weighted by atomic mass is 9.96. The van der Waals surface area contributed by atoms with Gasteiger partial charge in [0.2, 0.25) is 0 Å². The number of benzene rings is 2. The molecule has 3 heteroatoms. The molecule has 0 unspecified atom stereocenters. The molecule has 103 valence electrons. The molecule has 0 spiro atoms. The van der Waals surface area contributed by atoms with Gasteiger partial charge in [-0.25, -0.2) is 4.79 Å². The fourth-order valence-corrected chi connectivity index (χ4v) is 2.38. The standard InChI is InChI=1S/C17H16ClO2/c1-4-12-10-13(6-8-16(12)18)15-7-5-14(9-11(15)2)17(19)20-3/h5-10H,1,4H2,2-3H3. The molecule has 0 aliphatic heterocycles. The molecule has 0 saturated carbocycles. The molecule has 1 radical (unpaired) electrons. The average molecular weight is 288 g/mol. The summed E-state index contributed by atoms with van der Waals surface area (Å²) >= 11 is 6.11. The second-order valence-electron chi connectivity index (χ2n) is 4.58. The Kier molecular flexibility index (Phi) is 4.46. The van der Waals surface area contributed by atoms with Crippen molar-refractivity contribution in [1.82, 2.24) is 0 Å². The van der Waals surface area contributed by atoms with Crippen molar-refractivity contribution in [3.63, 3.8) is 0 Å². The van der Waals surface area contributed by atoms with E-state index >= 15 is 0 Å². The van der Waals surface area contributed by atoms with Crippen LogP contribution >= 0.6 is 11.6 Å². The van der Waals surface area contributed by atoms with E-state index in [-0.39, 0.29) is 5.97 Å². The minimum atomic E-state index is -0.325. The lowest BCUT2D eigenvalue weighted by Gasteiger charge is -2.10. The molecule has 0 atom stereocenters. The van der Waals surface area contributed by atoms with E-state index in [9.17, 15) is 4.79 Å². The first-order chi connectivity index (χ1) is 9.56. The molecule has 0 saturated heterocycles. The molecule has 2 nitrogen and oxygen atoms in total. The summed E-state index contributed by atoms with van der Waals surface area (Å²) in [6.07, 6.45) is 0.645. The van der Waals surface area contributed by atoms with Crippen molar-refractivity contribution in [3.05, 3.63) is 65.0 Å². The highest BCUT2D eigenvalue weighted by molar-refractivity contribution is 6.31. The van der Waals surface area contributed by atoms with E-state index in [0.717, 1.165) is 27.3 Å². The molecule has 20 heavy (non-hydrogen) atoms. The van der Waals surface area contributed by atoms with Crippen LogP contribution in [0.1, 0.15) is 21.5 Å². The zero-order valence-electron chi connectivity index (χ0n) is 11.6. The summed E-state index contributed by atoms with van der Waals surface area (Å²) in [6, 6.07) is 11.4. The van der Waals surface area contributed by atoms with E-state index in [1.54, 1.807) is 6.07 Å². The molecule has 0 bridgehead atoms. The third-order valence-electron chi connectivity index (χ3n) is 3.27. The van der Waals surface area contributed by atoms with Gasteiger partial charge in [-0.3, -0.25) is 0 Å². The largest absolute Gasteiger partial charge is 0.465 e. The highest BCUT2D eigenvalue weighted by Gasteiger charge is 2.09. The number of methoxy groups -OCH3 is 1. The molecule has 0 aliphatic rings. The van der Waals surface area contributed by atoms with Gasteiger partial charge in [0.1, 0.15) is 0 Å². The van der Waals surface area contributed by atoms with Crippen molar-refractivity contribution >= 4 is 17.6 Å². The minimum absolute atomic E-state index is 0.325. The third kappa shape index (κ3) is 2.86. The summed E-state index contributed by atoms with van der Waals surface area (Å²) in [4.78, 5) is 11.5. The summed E-state index contributed by atoms with van der Waals surface area (Å²) in [5, 5.41) is 0.729. The second-order valence-corrected chi connectivity index (χ2v) is 4.98. The Balaban J connectivity index is 2.45. The van der Waals surface area contributed by atoms with Gasteiger partial charge in [0.15, 0.2) is 0 Å². The molecule has 2 aromatic rings. The van der Waals surface area contributed by atoms with Crippen molar-refractivity contribution in [2.24, 2.45) is 0 Å². The number of aryl methyl sites for hydroxylation is 1. The molecule has 2 aromatic carbocycles. The maximum atomic E-state index is 11.5. The van der Waals surface area contributed by atoms with Crippen LogP contribution in [0.3, 0.4) is 0 Å². The Morgan fingerprint density at radius 3 is 2.60 bits per heavy atom. The Labute approximate surface area is 124 Å². The summed E-state index contributed by atoms with van der Waals surface area (Å²) in [7, 11) is 1.38. The van der Waals surface area contributed by atoms with Gasteiger partial charge in [-0.2, -0.15) is 0 Å². The van der Waals surface area contributed by atoms with E-state index in [4.69, 9.17) is 16.3 Å². The first-order valence-corrected chi connectivity index (χ1v) is 6.71. The number of carbonyl (C=O) groups is 1. The predicted octanol–water partition coefficient (Wildman–Crippen LogP) is 4.48. The molecule has 0 fully saturated rings. The van der Waals surface area contributed by atoms with Gasteiger partial charge in [-0.1, -0.05) is 23.7 Å². The van der Waals surface area contributed by atoms with E-state index in [1.807, 2.05) is 37.3 Å². The molecule has 0 aromatic heterocycles. The van der Waals surface area contributed by atoms with E-state index in [0.29, 0.717) is 12.0 Å². The lowest BCUT2D eigenvalue weighted by Crippen LogP contribution is -2.01. The number of esters is 1. The Hall–Kier alpha value is -1.80. The van der Waals surface area contributed by atoms with Crippen LogP contribution in [0.2, 0.25) is 5.02 Å². The molecular formula is C17H16ClO2. The topological polar surface area (TPSA) is 26.3 Å². The van der Waals surface area contributed by atoms with Gasteiger partial charge in [0, 0.05) is 5.02 Å². The van der Waals surface area contributed by atoms with Gasteiger partial charge in [-0.15, -0.1) is 0 Å². The molecule has 0 amide bonds. The van der Waals surface area contributed by atoms with Gasteiger partial charge in [-0.05, 0) is 66.8 Å². The SMILES string of the molecule is [CH2]Cc1cc(-c2ccc(C(=O)OC)cc2C)ccc1Cl. The van der Waals surface area contributed by atoms with Crippen LogP contribution in [0.15, 0.2) is 36.4 Å². The normalized spacial score (nSPS) is 10.4. The lowest BCUT2D eigenvalue weighted by molar-refractivity contribution is 0.0600. The summed E-state index contributed by atoms with van der Waals surface area (Å²) in [5.74, 6) is -0.325. The van der Waals surface area contributed by atoms with Crippen LogP contribution in [0.5, 0.6) is 0 Å². The number of rotatable bonds is 3. The molecule has 0 N–H and O–H groups in total. The first-order valence-electron chi connectivity index (χ1n) is 6.34. The van der Waals surface area contributed by atoms with Crippen LogP contribution in [-0.4, -0.2) is 13.1 Å². The van der Waals surface area contributed by atoms with Crippen LogP contribution in [0.4, 0.5) is 0 Å². The maximum absolute atomic E-state index is 11.5. The van der Waals surface area contributed by atoms with Crippen LogP contribution in [0.25, 0.3) is 11.1 Å². The van der Waals surface area contributed by atoms with Crippen molar-refractivity contribution in [2.75, 3.05) is 7.11 Å². The first kappa shape index (κ1) is 14.6. The van der Waals surface area contributed by atoms with E-state index in [2.05, 4.69) is 6.92 Å². The Morgan fingerprint density at radius 1 is 1.25 bits per heavy atom. The molecule has 0 aliphatic carbocycles. The fourth-order valence-electron chi connectivity index (χ4n) is 2.17. The van der Waals surface area contributed by atoms with Crippen LogP contribution in [0, 0.1) is 13.8 Å². The number of carbonyl (C=O) groups excluding carboxylic acids is 1. The quantitative estimate of drug-likeness (QED) is 0.778. The molecule has 0 heterocycles. The summed E-state index contributed by atoms with van der Waals surface area (Å²) in [6.45, 7) is 5.85. The summed E-state index contributed by atoms with van der Waals surface area (Å²) in [5.41, 5.74) is 4.73. The maximum Gasteiger partial charge on any atom is 0.337 e.